The Balaban J connectivity index is 2.21. The van der Waals surface area contributed by atoms with Gasteiger partial charge in [-0.25, -0.2) is 8.78 Å². The monoisotopic (exact) mass is 295 g/mol. The molecule has 0 radical (unpaired) electrons. The van der Waals surface area contributed by atoms with Crippen molar-refractivity contribution >= 4 is 17.6 Å². The Labute approximate surface area is 118 Å². The van der Waals surface area contributed by atoms with E-state index in [-0.39, 0.29) is 17.8 Å². The average molecular weight is 295 g/mol. The van der Waals surface area contributed by atoms with Crippen molar-refractivity contribution in [1.82, 2.24) is 9.78 Å². The molecule has 0 unspecified atom stereocenters. The summed E-state index contributed by atoms with van der Waals surface area (Å²) in [4.78, 5) is 22.4. The highest BCUT2D eigenvalue weighted by molar-refractivity contribution is 6.04. The van der Waals surface area contributed by atoms with Crippen LogP contribution in [-0.2, 0) is 11.3 Å². The number of hydrogen-bond donors (Lipinski definition) is 2. The number of aliphatic carboxylic acids is 1. The largest absolute Gasteiger partial charge is 0.480 e. The lowest BCUT2D eigenvalue weighted by atomic mass is 10.1. The standard InChI is InChI=1S/C13H11F2N3O3/c1-7-2-3-9(14)11(12(7)15)13(21)17-8-4-16-18(5-8)6-10(19)20/h2-5H,6H2,1H3,(H,17,21)(H,19,20). The molecular weight excluding hydrogens is 284 g/mol. The predicted molar refractivity (Wildman–Crippen MR) is 68.9 cm³/mol. The van der Waals surface area contributed by atoms with E-state index in [2.05, 4.69) is 10.4 Å². The highest BCUT2D eigenvalue weighted by Gasteiger charge is 2.19. The fourth-order valence-corrected chi connectivity index (χ4v) is 1.71. The zero-order chi connectivity index (χ0) is 15.6. The number of halogens is 2. The lowest BCUT2D eigenvalue weighted by Crippen LogP contribution is -2.16. The van der Waals surface area contributed by atoms with E-state index in [9.17, 15) is 18.4 Å². The van der Waals surface area contributed by atoms with Crippen LogP contribution < -0.4 is 5.32 Å². The molecule has 0 spiro atoms. The predicted octanol–water partition coefficient (Wildman–Crippen LogP) is 1.81. The molecular formula is C13H11F2N3O3. The summed E-state index contributed by atoms with van der Waals surface area (Å²) in [5.74, 6) is -3.99. The molecule has 6 nitrogen and oxygen atoms in total. The third-order valence-electron chi connectivity index (χ3n) is 2.70. The van der Waals surface area contributed by atoms with Crippen LogP contribution in [0.5, 0.6) is 0 Å². The molecule has 8 heteroatoms. The van der Waals surface area contributed by atoms with Gasteiger partial charge in [-0.1, -0.05) is 6.07 Å². The van der Waals surface area contributed by atoms with Crippen LogP contribution in [0.4, 0.5) is 14.5 Å². The van der Waals surface area contributed by atoms with Crippen LogP contribution in [0.1, 0.15) is 15.9 Å². The molecule has 2 N–H and O–H groups in total. The van der Waals surface area contributed by atoms with Gasteiger partial charge in [-0.3, -0.25) is 14.3 Å². The number of amides is 1. The molecule has 0 aliphatic carbocycles. The number of carboxylic acid groups (broad SMARTS) is 1. The summed E-state index contributed by atoms with van der Waals surface area (Å²) in [7, 11) is 0. The normalized spacial score (nSPS) is 10.4. The molecule has 1 amide bonds. The minimum Gasteiger partial charge on any atom is -0.480 e. The van der Waals surface area contributed by atoms with Gasteiger partial charge in [0, 0.05) is 6.20 Å². The van der Waals surface area contributed by atoms with Crippen molar-refractivity contribution < 1.29 is 23.5 Å². The van der Waals surface area contributed by atoms with Crippen LogP contribution in [0.25, 0.3) is 0 Å². The van der Waals surface area contributed by atoms with E-state index in [0.717, 1.165) is 10.7 Å². The van der Waals surface area contributed by atoms with Crippen molar-refractivity contribution in [1.29, 1.82) is 0 Å². The molecule has 0 fully saturated rings. The van der Waals surface area contributed by atoms with Crippen molar-refractivity contribution in [3.8, 4) is 0 Å². The second-order valence-corrected chi connectivity index (χ2v) is 4.33. The number of rotatable bonds is 4. The van der Waals surface area contributed by atoms with Gasteiger partial charge >= 0.3 is 5.97 Å². The summed E-state index contributed by atoms with van der Waals surface area (Å²) in [6, 6.07) is 2.23. The fourth-order valence-electron chi connectivity index (χ4n) is 1.71. The van der Waals surface area contributed by atoms with E-state index in [1.54, 1.807) is 0 Å². The number of anilines is 1. The molecule has 0 aliphatic heterocycles. The van der Waals surface area contributed by atoms with E-state index in [4.69, 9.17) is 5.11 Å². The van der Waals surface area contributed by atoms with Crippen LogP contribution in [0.3, 0.4) is 0 Å². The number of nitrogens with zero attached hydrogens (tertiary/aromatic N) is 2. The Bertz CT molecular complexity index is 713. The number of carbonyl (C=O) groups excluding carboxylic acids is 1. The third-order valence-corrected chi connectivity index (χ3v) is 2.70. The molecule has 2 aromatic rings. The SMILES string of the molecule is Cc1ccc(F)c(C(=O)Nc2cnn(CC(=O)O)c2)c1F. The molecule has 1 aromatic carbocycles. The van der Waals surface area contributed by atoms with E-state index in [1.165, 1.54) is 25.4 Å². The van der Waals surface area contributed by atoms with Gasteiger partial charge in [-0.05, 0) is 18.6 Å². The van der Waals surface area contributed by atoms with Crippen LogP contribution in [0.2, 0.25) is 0 Å². The molecule has 1 heterocycles. The van der Waals surface area contributed by atoms with Crippen molar-refractivity contribution in [2.45, 2.75) is 13.5 Å². The second kappa shape index (κ2) is 5.70. The van der Waals surface area contributed by atoms with Gasteiger partial charge in [0.05, 0.1) is 11.9 Å². The minimum absolute atomic E-state index is 0.140. The molecule has 110 valence electrons. The van der Waals surface area contributed by atoms with E-state index < -0.39 is 29.1 Å². The third kappa shape index (κ3) is 3.22. The molecule has 0 bridgehead atoms. The summed E-state index contributed by atoms with van der Waals surface area (Å²) in [5, 5.41) is 14.6. The van der Waals surface area contributed by atoms with Gasteiger partial charge in [-0.2, -0.15) is 5.10 Å². The lowest BCUT2D eigenvalue weighted by Gasteiger charge is -2.07. The van der Waals surface area contributed by atoms with Crippen molar-refractivity contribution in [3.05, 3.63) is 47.3 Å². The Morgan fingerprint density at radius 3 is 2.76 bits per heavy atom. The first-order valence-electron chi connectivity index (χ1n) is 5.88. The van der Waals surface area contributed by atoms with Crippen LogP contribution in [-0.4, -0.2) is 26.8 Å². The molecule has 2 rings (SSSR count). The maximum Gasteiger partial charge on any atom is 0.325 e. The van der Waals surface area contributed by atoms with Gasteiger partial charge in [0.2, 0.25) is 0 Å². The Morgan fingerprint density at radius 1 is 1.38 bits per heavy atom. The van der Waals surface area contributed by atoms with Crippen LogP contribution in [0, 0.1) is 18.6 Å². The van der Waals surface area contributed by atoms with Gasteiger partial charge in [0.1, 0.15) is 23.7 Å². The number of carboxylic acids is 1. The maximum absolute atomic E-state index is 13.8. The van der Waals surface area contributed by atoms with Gasteiger partial charge in [0.15, 0.2) is 0 Å². The zero-order valence-electron chi connectivity index (χ0n) is 10.9. The van der Waals surface area contributed by atoms with Gasteiger partial charge in [0.25, 0.3) is 5.91 Å². The molecule has 21 heavy (non-hydrogen) atoms. The number of aryl methyl sites for hydroxylation is 1. The molecule has 1 aromatic heterocycles. The van der Waals surface area contributed by atoms with Gasteiger partial charge in [-0.15, -0.1) is 0 Å². The Morgan fingerprint density at radius 2 is 2.10 bits per heavy atom. The van der Waals surface area contributed by atoms with Crippen LogP contribution >= 0.6 is 0 Å². The number of aromatic nitrogens is 2. The lowest BCUT2D eigenvalue weighted by molar-refractivity contribution is -0.137. The Kier molecular flexibility index (Phi) is 3.97. The number of benzene rings is 1. The van der Waals surface area contributed by atoms with Crippen molar-refractivity contribution in [3.63, 3.8) is 0 Å². The smallest absolute Gasteiger partial charge is 0.325 e. The average Bonchev–Trinajstić information content (AvgIpc) is 2.80. The number of hydrogen-bond acceptors (Lipinski definition) is 3. The first-order chi connectivity index (χ1) is 9.88. The fraction of sp³-hybridized carbons (Fsp3) is 0.154. The highest BCUT2D eigenvalue weighted by atomic mass is 19.1. The van der Waals surface area contributed by atoms with E-state index in [0.29, 0.717) is 0 Å². The summed E-state index contributed by atoms with van der Waals surface area (Å²) < 4.78 is 28.4. The topological polar surface area (TPSA) is 84.2 Å². The highest BCUT2D eigenvalue weighted by Crippen LogP contribution is 2.18. The van der Waals surface area contributed by atoms with Crippen molar-refractivity contribution in [2.24, 2.45) is 0 Å². The first-order valence-corrected chi connectivity index (χ1v) is 5.88. The van der Waals surface area contributed by atoms with E-state index >= 15 is 0 Å². The molecule has 0 saturated carbocycles. The maximum atomic E-state index is 13.8. The number of nitrogens with one attached hydrogen (secondary N) is 1. The summed E-state index contributed by atoms with van der Waals surface area (Å²) >= 11 is 0. The van der Waals surface area contributed by atoms with Crippen molar-refractivity contribution in [2.75, 3.05) is 5.32 Å². The molecule has 0 aliphatic rings. The van der Waals surface area contributed by atoms with E-state index in [1.807, 2.05) is 0 Å². The Hall–Kier alpha value is -2.77. The summed E-state index contributed by atoms with van der Waals surface area (Å²) in [5.41, 5.74) is -0.411. The minimum atomic E-state index is -1.10. The van der Waals surface area contributed by atoms with Crippen LogP contribution in [0.15, 0.2) is 24.5 Å². The van der Waals surface area contributed by atoms with Gasteiger partial charge < -0.3 is 10.4 Å². The second-order valence-electron chi connectivity index (χ2n) is 4.33. The summed E-state index contributed by atoms with van der Waals surface area (Å²) in [6.45, 7) is 1.03. The molecule has 0 atom stereocenters. The quantitative estimate of drug-likeness (QED) is 0.901. The first kappa shape index (κ1) is 14.6. The summed E-state index contributed by atoms with van der Waals surface area (Å²) in [6.07, 6.45) is 2.43. The number of carbonyl (C=O) groups is 2. The zero-order valence-corrected chi connectivity index (χ0v) is 10.9. The molecule has 0 saturated heterocycles.